The minimum Gasteiger partial charge on any atom is -0.322 e. The summed E-state index contributed by atoms with van der Waals surface area (Å²) in [4.78, 5) is 19.1. The van der Waals surface area contributed by atoms with Crippen molar-refractivity contribution in [1.82, 2.24) is 9.55 Å². The lowest BCUT2D eigenvalue weighted by molar-refractivity contribution is 0.0934. The van der Waals surface area contributed by atoms with Gasteiger partial charge in [0.1, 0.15) is 0 Å². The maximum atomic E-state index is 13.2. The predicted octanol–water partition coefficient (Wildman–Crippen LogP) is 5.90. The Hall–Kier alpha value is -3.11. The van der Waals surface area contributed by atoms with Gasteiger partial charge < -0.3 is 4.57 Å². The summed E-state index contributed by atoms with van der Waals surface area (Å²) in [5.41, 5.74) is 4.20. The van der Waals surface area contributed by atoms with Crippen LogP contribution in [0.25, 0.3) is 21.8 Å². The van der Waals surface area contributed by atoms with Gasteiger partial charge in [-0.05, 0) is 34.5 Å². The Bertz CT molecular complexity index is 1380. The number of Topliss-reactive ketones (excluding diaryl/α,β-unsaturated/α-hetero) is 1. The lowest BCUT2D eigenvalue weighted by Crippen LogP contribution is -2.26. The van der Waals surface area contributed by atoms with Crippen LogP contribution >= 0.6 is 11.8 Å². The zero-order valence-corrected chi connectivity index (χ0v) is 16.7. The normalized spacial score (nSPS) is 19.8. The van der Waals surface area contributed by atoms with E-state index in [0.717, 1.165) is 37.4 Å². The van der Waals surface area contributed by atoms with Crippen LogP contribution in [0.2, 0.25) is 0 Å². The molecular weight excluding hydrogens is 376 g/mol. The number of ketones is 1. The third kappa shape index (κ3) is 2.39. The Morgan fingerprint density at radius 1 is 0.931 bits per heavy atom. The summed E-state index contributed by atoms with van der Waals surface area (Å²) in [6.45, 7) is 0. The molecule has 2 aliphatic rings. The largest absolute Gasteiger partial charge is 0.322 e. The molecule has 4 heteroatoms. The number of benzene rings is 3. The Labute approximate surface area is 172 Å². The molecule has 0 aliphatic heterocycles. The highest BCUT2D eigenvalue weighted by Gasteiger charge is 2.35. The van der Waals surface area contributed by atoms with E-state index >= 15 is 0 Å². The number of imidazole rings is 1. The molecule has 140 valence electrons. The van der Waals surface area contributed by atoms with Crippen molar-refractivity contribution in [1.29, 1.82) is 0 Å². The van der Waals surface area contributed by atoms with Gasteiger partial charge in [0.15, 0.2) is 10.9 Å². The van der Waals surface area contributed by atoms with Gasteiger partial charge in [-0.3, -0.25) is 4.79 Å². The molecule has 2 atom stereocenters. The van der Waals surface area contributed by atoms with Gasteiger partial charge in [-0.25, -0.2) is 4.98 Å². The molecule has 0 saturated heterocycles. The van der Waals surface area contributed by atoms with Gasteiger partial charge in [-0.1, -0.05) is 72.5 Å². The first-order chi connectivity index (χ1) is 14.2. The summed E-state index contributed by atoms with van der Waals surface area (Å²) in [5.74, 6) is 0.259. The minimum absolute atomic E-state index is 0.0866. The van der Waals surface area contributed by atoms with Gasteiger partial charge >= 0.3 is 0 Å². The van der Waals surface area contributed by atoms with Crippen LogP contribution in [0.1, 0.15) is 21.8 Å². The standard InChI is InChI=1S/C25H18N2OS/c1-27-21-12-5-4-11-20(21)26-25(27)29-22-14-13-16-15-7-2-3-8-17(15)24(28)19-10-6-9-18(22)23(16)19/h2-15,17H,1H3. The van der Waals surface area contributed by atoms with Crippen LogP contribution in [0, 0.1) is 5.92 Å². The number of aromatic nitrogens is 2. The number of allylic oxidation sites excluding steroid dienone is 4. The Morgan fingerprint density at radius 3 is 2.62 bits per heavy atom. The second kappa shape index (κ2) is 6.19. The molecule has 3 nitrogen and oxygen atoms in total. The first-order valence-corrected chi connectivity index (χ1v) is 10.6. The molecule has 0 radical (unpaired) electrons. The molecule has 0 bridgehead atoms. The van der Waals surface area contributed by atoms with Crippen molar-refractivity contribution in [3.05, 3.63) is 90.0 Å². The highest BCUT2D eigenvalue weighted by Crippen LogP contribution is 2.45. The summed E-state index contributed by atoms with van der Waals surface area (Å²) in [7, 11) is 2.05. The molecule has 6 rings (SSSR count). The fraction of sp³-hybridized carbons (Fsp3) is 0.120. The zero-order chi connectivity index (χ0) is 19.5. The van der Waals surface area contributed by atoms with Crippen molar-refractivity contribution in [3.63, 3.8) is 0 Å². The van der Waals surface area contributed by atoms with Crippen LogP contribution in [0.15, 0.2) is 89.0 Å². The lowest BCUT2D eigenvalue weighted by atomic mass is 9.72. The molecule has 29 heavy (non-hydrogen) atoms. The number of aryl methyl sites for hydroxylation is 1. The highest BCUT2D eigenvalue weighted by atomic mass is 32.2. The first-order valence-electron chi connectivity index (χ1n) is 9.76. The Balaban J connectivity index is 1.54. The van der Waals surface area contributed by atoms with Gasteiger partial charge in [-0.15, -0.1) is 0 Å². The van der Waals surface area contributed by atoms with Crippen LogP contribution in [0.5, 0.6) is 0 Å². The van der Waals surface area contributed by atoms with Crippen LogP contribution in [0.3, 0.4) is 0 Å². The molecule has 2 aliphatic carbocycles. The highest BCUT2D eigenvalue weighted by molar-refractivity contribution is 7.99. The van der Waals surface area contributed by atoms with E-state index in [0.29, 0.717) is 0 Å². The fourth-order valence-electron chi connectivity index (χ4n) is 4.63. The Kier molecular flexibility index (Phi) is 3.59. The molecule has 3 aromatic carbocycles. The predicted molar refractivity (Wildman–Crippen MR) is 118 cm³/mol. The Morgan fingerprint density at radius 2 is 1.76 bits per heavy atom. The number of fused-ring (bicyclic) bond motifs is 3. The molecule has 0 spiro atoms. The van der Waals surface area contributed by atoms with Crippen molar-refractivity contribution < 1.29 is 4.79 Å². The molecule has 4 aromatic rings. The van der Waals surface area contributed by atoms with E-state index < -0.39 is 0 Å². The lowest BCUT2D eigenvalue weighted by Gasteiger charge is -2.31. The van der Waals surface area contributed by atoms with E-state index in [9.17, 15) is 4.79 Å². The van der Waals surface area contributed by atoms with E-state index in [-0.39, 0.29) is 17.6 Å². The number of rotatable bonds is 2. The number of carbonyl (C=O) groups excluding carboxylic acids is 1. The summed E-state index contributed by atoms with van der Waals surface area (Å²) in [6, 6.07) is 18.7. The van der Waals surface area contributed by atoms with E-state index in [1.54, 1.807) is 11.8 Å². The maximum absolute atomic E-state index is 13.2. The number of hydrogen-bond donors (Lipinski definition) is 0. The van der Waals surface area contributed by atoms with E-state index in [1.165, 1.54) is 5.56 Å². The topological polar surface area (TPSA) is 34.9 Å². The van der Waals surface area contributed by atoms with Gasteiger partial charge in [-0.2, -0.15) is 0 Å². The summed E-state index contributed by atoms with van der Waals surface area (Å²) in [5, 5.41) is 3.18. The van der Waals surface area contributed by atoms with Crippen molar-refractivity contribution in [2.45, 2.75) is 16.0 Å². The number of nitrogens with zero attached hydrogens (tertiary/aromatic N) is 2. The van der Waals surface area contributed by atoms with Gasteiger partial charge in [0.2, 0.25) is 0 Å². The second-order valence-corrected chi connectivity index (χ2v) is 8.62. The van der Waals surface area contributed by atoms with Gasteiger partial charge in [0.05, 0.1) is 17.0 Å². The van der Waals surface area contributed by atoms with Crippen LogP contribution in [-0.2, 0) is 7.05 Å². The van der Waals surface area contributed by atoms with Crippen LogP contribution < -0.4 is 0 Å². The molecule has 1 aromatic heterocycles. The quantitative estimate of drug-likeness (QED) is 0.425. The third-order valence-corrected chi connectivity index (χ3v) is 7.17. The van der Waals surface area contributed by atoms with E-state index in [1.807, 2.05) is 42.5 Å². The average molecular weight is 394 g/mol. The minimum atomic E-state index is -0.0866. The molecule has 1 heterocycles. The van der Waals surface area contributed by atoms with Gasteiger partial charge in [0, 0.05) is 23.4 Å². The van der Waals surface area contributed by atoms with Crippen molar-refractivity contribution in [2.24, 2.45) is 13.0 Å². The molecule has 0 saturated carbocycles. The fourth-order valence-corrected chi connectivity index (χ4v) is 5.62. The second-order valence-electron chi connectivity index (χ2n) is 7.61. The smallest absolute Gasteiger partial charge is 0.173 e. The third-order valence-electron chi connectivity index (χ3n) is 6.04. The SMILES string of the molecule is Cn1c(Sc2ccc3c4c(cccc24)C(=O)C2C=CC=CC32)nc2ccccc21. The van der Waals surface area contributed by atoms with Crippen molar-refractivity contribution in [3.8, 4) is 0 Å². The number of para-hydroxylation sites is 2. The summed E-state index contributed by atoms with van der Waals surface area (Å²) < 4.78 is 2.13. The molecule has 0 fully saturated rings. The molecular formula is C25H18N2OS. The van der Waals surface area contributed by atoms with Crippen molar-refractivity contribution >= 4 is 39.4 Å². The van der Waals surface area contributed by atoms with Crippen molar-refractivity contribution in [2.75, 3.05) is 0 Å². The van der Waals surface area contributed by atoms with E-state index in [2.05, 4.69) is 48.0 Å². The molecule has 0 N–H and O–H groups in total. The summed E-state index contributed by atoms with van der Waals surface area (Å²) >= 11 is 1.66. The monoisotopic (exact) mass is 394 g/mol. The molecule has 0 amide bonds. The van der Waals surface area contributed by atoms with Crippen LogP contribution in [0.4, 0.5) is 0 Å². The summed E-state index contributed by atoms with van der Waals surface area (Å²) in [6.07, 6.45) is 8.24. The zero-order valence-electron chi connectivity index (χ0n) is 15.9. The first kappa shape index (κ1) is 16.8. The maximum Gasteiger partial charge on any atom is 0.173 e. The van der Waals surface area contributed by atoms with Crippen LogP contribution in [-0.4, -0.2) is 15.3 Å². The van der Waals surface area contributed by atoms with E-state index in [4.69, 9.17) is 4.98 Å². The number of hydrogen-bond acceptors (Lipinski definition) is 3. The molecule has 2 unspecified atom stereocenters. The van der Waals surface area contributed by atoms with Gasteiger partial charge in [0.25, 0.3) is 0 Å². The number of carbonyl (C=O) groups is 1. The average Bonchev–Trinajstić information content (AvgIpc) is 3.08.